The summed E-state index contributed by atoms with van der Waals surface area (Å²) >= 11 is 1.67. The lowest BCUT2D eigenvalue weighted by atomic mass is 10.2. The molecule has 4 nitrogen and oxygen atoms in total. The number of anilines is 1. The largest absolute Gasteiger partial charge is 0.440 e. The Labute approximate surface area is 150 Å². The maximum Gasteiger partial charge on any atom is 0.277 e. The van der Waals surface area contributed by atoms with Gasteiger partial charge in [-0.3, -0.25) is 4.79 Å². The molecular weight excluding hydrogens is 332 g/mol. The highest BCUT2D eigenvalue weighted by atomic mass is 32.2. The number of nitrogens with one attached hydrogen (secondary N) is 1. The Kier molecular flexibility index (Phi) is 4.32. The van der Waals surface area contributed by atoms with Crippen LogP contribution in [0.4, 0.5) is 5.69 Å². The van der Waals surface area contributed by atoms with Gasteiger partial charge in [-0.1, -0.05) is 18.2 Å². The minimum absolute atomic E-state index is 0.218. The quantitative estimate of drug-likeness (QED) is 0.643. The van der Waals surface area contributed by atoms with E-state index in [-0.39, 0.29) is 5.91 Å². The van der Waals surface area contributed by atoms with Crippen LogP contribution in [0.3, 0.4) is 0 Å². The molecule has 5 heteroatoms. The Morgan fingerprint density at radius 3 is 2.48 bits per heavy atom. The van der Waals surface area contributed by atoms with Crippen LogP contribution in [-0.2, 0) is 0 Å². The Morgan fingerprint density at radius 2 is 1.84 bits per heavy atom. The zero-order valence-electron chi connectivity index (χ0n) is 13.9. The monoisotopic (exact) mass is 350 g/mol. The molecule has 2 aromatic carbocycles. The molecule has 1 N–H and O–H groups in total. The number of thioether (sulfide) groups is 1. The zero-order chi connectivity index (χ0) is 17.2. The van der Waals surface area contributed by atoms with Crippen molar-refractivity contribution in [3.63, 3.8) is 0 Å². The van der Waals surface area contributed by atoms with Gasteiger partial charge < -0.3 is 9.73 Å². The van der Waals surface area contributed by atoms with Crippen LogP contribution < -0.4 is 5.32 Å². The van der Waals surface area contributed by atoms with Gasteiger partial charge >= 0.3 is 0 Å². The third-order valence-electron chi connectivity index (χ3n) is 4.19. The number of nitrogens with zero attached hydrogens (tertiary/aromatic N) is 1. The minimum Gasteiger partial charge on any atom is -0.440 e. The Hall–Kier alpha value is -2.53. The van der Waals surface area contributed by atoms with Crippen LogP contribution in [0.5, 0.6) is 0 Å². The Morgan fingerprint density at radius 1 is 1.12 bits per heavy atom. The first kappa shape index (κ1) is 16.0. The summed E-state index contributed by atoms with van der Waals surface area (Å²) in [5, 5.41) is 2.93. The summed E-state index contributed by atoms with van der Waals surface area (Å²) in [6.07, 6.45) is 4.12. The van der Waals surface area contributed by atoms with Crippen LogP contribution in [0.25, 0.3) is 11.5 Å². The molecule has 1 aromatic heterocycles. The normalized spacial score (nSPS) is 13.6. The van der Waals surface area contributed by atoms with Gasteiger partial charge in [0.15, 0.2) is 5.69 Å². The van der Waals surface area contributed by atoms with Crippen molar-refractivity contribution in [2.24, 2.45) is 0 Å². The second-order valence-electron chi connectivity index (χ2n) is 6.05. The van der Waals surface area contributed by atoms with Crippen molar-refractivity contribution in [3.05, 3.63) is 66.1 Å². The van der Waals surface area contributed by atoms with Crippen LogP contribution in [0, 0.1) is 0 Å². The standard InChI is InChI=1S/C20H18N2O2S/c1-25-16-11-9-15(10-12-16)21-19(23)17-18(13-7-8-13)24-20(22-17)14-5-3-2-4-6-14/h2-6,9-13H,7-8H2,1H3,(H,21,23). The second-order valence-corrected chi connectivity index (χ2v) is 6.93. The summed E-state index contributed by atoms with van der Waals surface area (Å²) in [6, 6.07) is 17.5. The lowest BCUT2D eigenvalue weighted by molar-refractivity contribution is 0.102. The van der Waals surface area contributed by atoms with Crippen molar-refractivity contribution in [2.75, 3.05) is 11.6 Å². The summed E-state index contributed by atoms with van der Waals surface area (Å²) in [5.41, 5.74) is 2.04. The summed E-state index contributed by atoms with van der Waals surface area (Å²) in [5.74, 6) is 1.30. The van der Waals surface area contributed by atoms with Gasteiger partial charge in [-0.2, -0.15) is 0 Å². The van der Waals surface area contributed by atoms with Crippen LogP contribution >= 0.6 is 11.8 Å². The highest BCUT2D eigenvalue weighted by Gasteiger charge is 2.34. The summed E-state index contributed by atoms with van der Waals surface area (Å²) in [4.78, 5) is 18.4. The SMILES string of the molecule is CSc1ccc(NC(=O)c2nc(-c3ccccc3)oc2C2CC2)cc1. The van der Waals surface area contributed by atoms with E-state index in [1.807, 2.05) is 60.9 Å². The zero-order valence-corrected chi connectivity index (χ0v) is 14.7. The second kappa shape index (κ2) is 6.76. The van der Waals surface area contributed by atoms with Crippen LogP contribution in [0.2, 0.25) is 0 Å². The van der Waals surface area contributed by atoms with Crippen molar-refractivity contribution in [1.82, 2.24) is 4.98 Å². The number of carbonyl (C=O) groups excluding carboxylic acids is 1. The molecule has 0 aliphatic heterocycles. The van der Waals surface area contributed by atoms with Crippen molar-refractivity contribution in [1.29, 1.82) is 0 Å². The van der Waals surface area contributed by atoms with Crippen LogP contribution in [0.15, 0.2) is 63.9 Å². The molecule has 1 fully saturated rings. The number of hydrogen-bond acceptors (Lipinski definition) is 4. The van der Waals surface area contributed by atoms with E-state index in [0.29, 0.717) is 23.3 Å². The summed E-state index contributed by atoms with van der Waals surface area (Å²) in [6.45, 7) is 0. The number of carbonyl (C=O) groups is 1. The van der Waals surface area contributed by atoms with Gasteiger partial charge in [0.25, 0.3) is 5.91 Å². The molecule has 3 aromatic rings. The molecule has 0 radical (unpaired) electrons. The summed E-state index contributed by atoms with van der Waals surface area (Å²) in [7, 11) is 0. The molecule has 126 valence electrons. The van der Waals surface area contributed by atoms with E-state index in [1.165, 1.54) is 0 Å². The van der Waals surface area contributed by atoms with E-state index >= 15 is 0 Å². The molecule has 0 atom stereocenters. The highest BCUT2D eigenvalue weighted by molar-refractivity contribution is 7.98. The van der Waals surface area contributed by atoms with E-state index in [9.17, 15) is 4.79 Å². The number of rotatable bonds is 5. The van der Waals surface area contributed by atoms with Crippen LogP contribution in [0.1, 0.15) is 35.0 Å². The van der Waals surface area contributed by atoms with Gasteiger partial charge in [0.2, 0.25) is 5.89 Å². The first-order valence-electron chi connectivity index (χ1n) is 8.26. The molecule has 0 unspecified atom stereocenters. The van der Waals surface area contributed by atoms with E-state index in [4.69, 9.17) is 4.42 Å². The average molecular weight is 350 g/mol. The third-order valence-corrected chi connectivity index (χ3v) is 4.93. The predicted octanol–water partition coefficient (Wildman–Crippen LogP) is 5.19. The third kappa shape index (κ3) is 3.46. The van der Waals surface area contributed by atoms with Gasteiger partial charge in [-0.25, -0.2) is 4.98 Å². The van der Waals surface area contributed by atoms with E-state index in [0.717, 1.165) is 29.0 Å². The molecule has 1 amide bonds. The number of aromatic nitrogens is 1. The molecule has 25 heavy (non-hydrogen) atoms. The van der Waals surface area contributed by atoms with Gasteiger partial charge in [-0.05, 0) is 55.5 Å². The van der Waals surface area contributed by atoms with E-state index < -0.39 is 0 Å². The number of amides is 1. The first-order chi connectivity index (χ1) is 12.2. The molecule has 0 bridgehead atoms. The van der Waals surface area contributed by atoms with Gasteiger partial charge in [-0.15, -0.1) is 11.8 Å². The Balaban J connectivity index is 1.61. The fourth-order valence-electron chi connectivity index (χ4n) is 2.69. The van der Waals surface area contributed by atoms with Gasteiger partial charge in [0, 0.05) is 22.1 Å². The van der Waals surface area contributed by atoms with E-state index in [2.05, 4.69) is 10.3 Å². The van der Waals surface area contributed by atoms with Crippen molar-refractivity contribution in [3.8, 4) is 11.5 Å². The minimum atomic E-state index is -0.218. The maximum absolute atomic E-state index is 12.7. The molecule has 0 saturated heterocycles. The molecule has 1 saturated carbocycles. The lowest BCUT2D eigenvalue weighted by Gasteiger charge is -2.05. The van der Waals surface area contributed by atoms with Crippen molar-refractivity contribution >= 4 is 23.4 Å². The van der Waals surface area contributed by atoms with Gasteiger partial charge in [0.1, 0.15) is 5.76 Å². The van der Waals surface area contributed by atoms with Crippen molar-refractivity contribution < 1.29 is 9.21 Å². The smallest absolute Gasteiger partial charge is 0.277 e. The van der Waals surface area contributed by atoms with Gasteiger partial charge in [0.05, 0.1) is 0 Å². The molecule has 1 heterocycles. The highest BCUT2D eigenvalue weighted by Crippen LogP contribution is 2.43. The van der Waals surface area contributed by atoms with E-state index in [1.54, 1.807) is 11.8 Å². The number of oxazole rings is 1. The maximum atomic E-state index is 12.7. The number of benzene rings is 2. The molecular formula is C20H18N2O2S. The van der Waals surface area contributed by atoms with Crippen molar-refractivity contribution in [2.45, 2.75) is 23.7 Å². The average Bonchev–Trinajstić information content (AvgIpc) is 3.41. The fraction of sp³-hybridized carbons (Fsp3) is 0.200. The molecule has 0 spiro atoms. The molecule has 1 aliphatic rings. The fourth-order valence-corrected chi connectivity index (χ4v) is 3.09. The molecule has 4 rings (SSSR count). The first-order valence-corrected chi connectivity index (χ1v) is 9.48. The lowest BCUT2D eigenvalue weighted by Crippen LogP contribution is -2.14. The van der Waals surface area contributed by atoms with Crippen LogP contribution in [-0.4, -0.2) is 17.1 Å². The number of hydrogen-bond donors (Lipinski definition) is 1. The predicted molar refractivity (Wildman–Crippen MR) is 100 cm³/mol. The Bertz CT molecular complexity index is 884. The summed E-state index contributed by atoms with van der Waals surface area (Å²) < 4.78 is 5.94. The topological polar surface area (TPSA) is 55.1 Å². The molecule has 1 aliphatic carbocycles.